The van der Waals surface area contributed by atoms with Crippen molar-refractivity contribution in [2.75, 3.05) is 25.6 Å². The van der Waals surface area contributed by atoms with Crippen molar-refractivity contribution in [1.29, 1.82) is 0 Å². The second kappa shape index (κ2) is 9.16. The molecule has 2 heterocycles. The van der Waals surface area contributed by atoms with Crippen molar-refractivity contribution >= 4 is 29.4 Å². The molecule has 2 amide bonds. The monoisotopic (exact) mass is 425 g/mol. The molecule has 4 rings (SSSR count). The molecule has 0 unspecified atom stereocenters. The van der Waals surface area contributed by atoms with Gasteiger partial charge in [-0.05, 0) is 43.5 Å². The molecule has 0 saturated carbocycles. The maximum atomic E-state index is 13.2. The normalized spacial score (nSPS) is 17.0. The fraction of sp³-hybridized carbons (Fsp3) is 0.348. The number of rotatable bonds is 7. The minimum Gasteiger partial charge on any atom is -0.493 e. The third-order valence-electron chi connectivity index (χ3n) is 5.37. The van der Waals surface area contributed by atoms with Crippen molar-refractivity contribution < 1.29 is 23.5 Å². The van der Waals surface area contributed by atoms with Gasteiger partial charge in [0.05, 0.1) is 31.0 Å². The molecule has 7 nitrogen and oxygen atoms in total. The van der Waals surface area contributed by atoms with Crippen molar-refractivity contribution in [3.05, 3.63) is 47.8 Å². The highest BCUT2D eigenvalue weighted by molar-refractivity contribution is 6.03. The van der Waals surface area contributed by atoms with Crippen molar-refractivity contribution in [1.82, 2.24) is 4.90 Å². The van der Waals surface area contributed by atoms with Gasteiger partial charge in [0.15, 0.2) is 11.5 Å². The minimum absolute atomic E-state index is 0.0341. The second-order valence-corrected chi connectivity index (χ2v) is 7.52. The van der Waals surface area contributed by atoms with E-state index in [1.807, 2.05) is 11.1 Å². The third-order valence-corrected chi connectivity index (χ3v) is 5.37. The number of methoxy groups -OCH3 is 1. The van der Waals surface area contributed by atoms with E-state index in [0.717, 1.165) is 19.4 Å². The number of nitrogens with zero attached hydrogens (tertiary/aromatic N) is 2. The quantitative estimate of drug-likeness (QED) is 0.681. The van der Waals surface area contributed by atoms with Crippen LogP contribution in [0.15, 0.2) is 41.4 Å². The van der Waals surface area contributed by atoms with E-state index in [9.17, 15) is 14.0 Å². The minimum atomic E-state index is -0.405. The number of amides is 2. The Morgan fingerprint density at radius 3 is 2.97 bits per heavy atom. The molecule has 2 aromatic rings. The lowest BCUT2D eigenvalue weighted by Gasteiger charge is -2.20. The Bertz CT molecular complexity index is 1020. The smallest absolute Gasteiger partial charge is 0.256 e. The number of ether oxygens (including phenoxy) is 2. The Labute approximate surface area is 179 Å². The van der Waals surface area contributed by atoms with Crippen LogP contribution in [0.2, 0.25) is 0 Å². The SMILES string of the molecule is COc1cc2c(cc1OCCCC(=O)Nc1cccc(F)c1)N=C[C@@H]1CCCN1C2=O. The lowest BCUT2D eigenvalue weighted by atomic mass is 10.1. The van der Waals surface area contributed by atoms with Crippen molar-refractivity contribution in [3.63, 3.8) is 0 Å². The van der Waals surface area contributed by atoms with Gasteiger partial charge < -0.3 is 19.7 Å². The molecule has 1 N–H and O–H groups in total. The van der Waals surface area contributed by atoms with Crippen LogP contribution in [0.1, 0.15) is 36.0 Å². The number of nitrogens with one attached hydrogen (secondary N) is 1. The summed E-state index contributed by atoms with van der Waals surface area (Å²) < 4.78 is 24.4. The summed E-state index contributed by atoms with van der Waals surface area (Å²) in [6.07, 6.45) is 4.39. The number of carbonyl (C=O) groups is 2. The molecule has 1 atom stereocenters. The zero-order valence-electron chi connectivity index (χ0n) is 17.3. The molecule has 2 aliphatic rings. The molecule has 8 heteroatoms. The van der Waals surface area contributed by atoms with Gasteiger partial charge in [-0.2, -0.15) is 0 Å². The standard InChI is InChI=1S/C23H24FN3O4/c1-30-20-12-18-19(25-14-17-7-3-9-27(17)23(18)29)13-21(20)31-10-4-8-22(28)26-16-6-2-5-15(24)11-16/h2,5-6,11-14,17H,3-4,7-10H2,1H3,(H,26,28)/t17-/m0/s1. The van der Waals surface area contributed by atoms with Gasteiger partial charge in [-0.3, -0.25) is 14.6 Å². The Kier molecular flexibility index (Phi) is 6.16. The highest BCUT2D eigenvalue weighted by Gasteiger charge is 2.32. The highest BCUT2D eigenvalue weighted by atomic mass is 19.1. The van der Waals surface area contributed by atoms with E-state index in [4.69, 9.17) is 9.47 Å². The maximum absolute atomic E-state index is 13.2. The van der Waals surface area contributed by atoms with Crippen LogP contribution < -0.4 is 14.8 Å². The van der Waals surface area contributed by atoms with Gasteiger partial charge in [0.2, 0.25) is 5.91 Å². The number of benzene rings is 2. The number of aliphatic imine (C=N–C) groups is 1. The third kappa shape index (κ3) is 4.68. The van der Waals surface area contributed by atoms with Gasteiger partial charge in [0, 0.05) is 30.9 Å². The Morgan fingerprint density at radius 2 is 2.16 bits per heavy atom. The summed E-state index contributed by atoms with van der Waals surface area (Å²) in [5.41, 5.74) is 1.47. The first-order valence-corrected chi connectivity index (χ1v) is 10.3. The predicted octanol–water partition coefficient (Wildman–Crippen LogP) is 3.95. The zero-order valence-corrected chi connectivity index (χ0v) is 17.3. The van der Waals surface area contributed by atoms with Crippen LogP contribution in [0.4, 0.5) is 15.8 Å². The number of hydrogen-bond acceptors (Lipinski definition) is 5. The molecule has 2 aromatic carbocycles. The summed E-state index contributed by atoms with van der Waals surface area (Å²) in [4.78, 5) is 31.3. The van der Waals surface area contributed by atoms with Crippen LogP contribution in [-0.2, 0) is 4.79 Å². The first-order chi connectivity index (χ1) is 15.0. The predicted molar refractivity (Wildman–Crippen MR) is 115 cm³/mol. The van der Waals surface area contributed by atoms with E-state index in [-0.39, 0.29) is 30.9 Å². The van der Waals surface area contributed by atoms with E-state index in [2.05, 4.69) is 10.3 Å². The summed E-state index contributed by atoms with van der Waals surface area (Å²) in [5.74, 6) is 0.244. The summed E-state index contributed by atoms with van der Waals surface area (Å²) >= 11 is 0. The van der Waals surface area contributed by atoms with E-state index in [0.29, 0.717) is 34.9 Å². The average Bonchev–Trinajstić information content (AvgIpc) is 3.18. The Hall–Kier alpha value is -3.42. The highest BCUT2D eigenvalue weighted by Crippen LogP contribution is 2.38. The molecule has 162 valence electrons. The first kappa shape index (κ1) is 20.8. The zero-order chi connectivity index (χ0) is 21.8. The van der Waals surface area contributed by atoms with Crippen LogP contribution >= 0.6 is 0 Å². The van der Waals surface area contributed by atoms with Crippen LogP contribution in [0.3, 0.4) is 0 Å². The molecule has 0 bridgehead atoms. The van der Waals surface area contributed by atoms with Gasteiger partial charge in [-0.1, -0.05) is 6.07 Å². The lowest BCUT2D eigenvalue weighted by molar-refractivity contribution is -0.116. The molecule has 0 radical (unpaired) electrons. The summed E-state index contributed by atoms with van der Waals surface area (Å²) in [5, 5.41) is 2.66. The fourth-order valence-corrected chi connectivity index (χ4v) is 3.82. The van der Waals surface area contributed by atoms with Gasteiger partial charge >= 0.3 is 0 Å². The van der Waals surface area contributed by atoms with Gasteiger partial charge in [-0.25, -0.2) is 4.39 Å². The molecule has 0 spiro atoms. The lowest BCUT2D eigenvalue weighted by Crippen LogP contribution is -2.35. The van der Waals surface area contributed by atoms with E-state index >= 15 is 0 Å². The average molecular weight is 425 g/mol. The van der Waals surface area contributed by atoms with E-state index < -0.39 is 5.82 Å². The molecular weight excluding hydrogens is 401 g/mol. The largest absolute Gasteiger partial charge is 0.493 e. The molecule has 1 saturated heterocycles. The van der Waals surface area contributed by atoms with Crippen molar-refractivity contribution in [3.8, 4) is 11.5 Å². The van der Waals surface area contributed by atoms with Crippen LogP contribution in [0.25, 0.3) is 0 Å². The number of anilines is 1. The van der Waals surface area contributed by atoms with Gasteiger partial charge in [0.25, 0.3) is 5.91 Å². The fourth-order valence-electron chi connectivity index (χ4n) is 3.82. The Morgan fingerprint density at radius 1 is 1.29 bits per heavy atom. The van der Waals surface area contributed by atoms with Crippen molar-refractivity contribution in [2.24, 2.45) is 4.99 Å². The van der Waals surface area contributed by atoms with Gasteiger partial charge in [0.1, 0.15) is 5.82 Å². The number of hydrogen-bond donors (Lipinski definition) is 1. The first-order valence-electron chi connectivity index (χ1n) is 10.3. The van der Waals surface area contributed by atoms with E-state index in [1.165, 1.54) is 25.3 Å². The number of carbonyl (C=O) groups excluding carboxylic acids is 2. The maximum Gasteiger partial charge on any atom is 0.256 e. The summed E-state index contributed by atoms with van der Waals surface area (Å²) in [6, 6.07) is 9.16. The van der Waals surface area contributed by atoms with Crippen LogP contribution in [-0.4, -0.2) is 49.2 Å². The molecule has 1 fully saturated rings. The van der Waals surface area contributed by atoms with Crippen LogP contribution in [0.5, 0.6) is 11.5 Å². The molecule has 0 aromatic heterocycles. The van der Waals surface area contributed by atoms with E-state index in [1.54, 1.807) is 18.2 Å². The molecule has 31 heavy (non-hydrogen) atoms. The molecule has 0 aliphatic carbocycles. The van der Waals surface area contributed by atoms with Gasteiger partial charge in [-0.15, -0.1) is 0 Å². The Balaban J connectivity index is 1.37. The van der Waals surface area contributed by atoms with Crippen molar-refractivity contribution in [2.45, 2.75) is 31.7 Å². The second-order valence-electron chi connectivity index (χ2n) is 7.52. The summed E-state index contributed by atoms with van der Waals surface area (Å²) in [6.45, 7) is 1.01. The number of fused-ring (bicyclic) bond motifs is 2. The topological polar surface area (TPSA) is 80.2 Å². The molecular formula is C23H24FN3O4. The number of halogens is 1. The molecule has 2 aliphatic heterocycles. The summed E-state index contributed by atoms with van der Waals surface area (Å²) in [7, 11) is 1.52. The van der Waals surface area contributed by atoms with Crippen LogP contribution in [0, 0.1) is 5.82 Å².